The molecule has 2 heterocycles. The third-order valence-electron chi connectivity index (χ3n) is 5.79. The summed E-state index contributed by atoms with van der Waals surface area (Å²) in [4.78, 5) is 20.9. The number of nitrogen functional groups attached to an aromatic ring is 1. The molecule has 4 N–H and O–H groups in total. The van der Waals surface area contributed by atoms with Crippen molar-refractivity contribution in [1.29, 1.82) is 0 Å². The number of hydrogen-bond donors (Lipinski definition) is 3. The number of terminal acetylenes is 1. The fourth-order valence-corrected chi connectivity index (χ4v) is 4.04. The lowest BCUT2D eigenvalue weighted by molar-refractivity contribution is -0.115. The highest BCUT2D eigenvalue weighted by Crippen LogP contribution is 2.31. The number of carbonyl (C=O) groups is 1. The van der Waals surface area contributed by atoms with Gasteiger partial charge in [0.15, 0.2) is 5.82 Å². The Morgan fingerprint density at radius 1 is 1.21 bits per heavy atom. The number of phenolic OH excluding ortho intramolecular Hbond substituents is 1. The third-order valence-corrected chi connectivity index (χ3v) is 5.79. The van der Waals surface area contributed by atoms with E-state index < -0.39 is 5.91 Å². The van der Waals surface area contributed by atoms with Crippen LogP contribution in [-0.2, 0) is 24.3 Å². The van der Waals surface area contributed by atoms with Crippen LogP contribution in [-0.4, -0.2) is 25.5 Å². The van der Waals surface area contributed by atoms with Gasteiger partial charge in [0.2, 0.25) is 0 Å². The first-order valence-corrected chi connectivity index (χ1v) is 11.0. The lowest BCUT2D eigenvalue weighted by Gasteiger charge is -2.13. The molecule has 0 unspecified atom stereocenters. The highest BCUT2D eigenvalue weighted by Gasteiger charge is 2.18. The first kappa shape index (κ1) is 22.2. The van der Waals surface area contributed by atoms with Gasteiger partial charge in [-0.15, -0.1) is 6.42 Å². The molecule has 0 aliphatic rings. The number of nitrogens with two attached hydrogens (primary N) is 1. The SMILES string of the molecule is C#CC(=O)NCc1ccc2c(c1)nc(N)c1nc(CCCC)n(Cc3ccc(O)c(C)c3)c12. The van der Waals surface area contributed by atoms with Gasteiger partial charge in [-0.3, -0.25) is 4.79 Å². The van der Waals surface area contributed by atoms with Crippen molar-refractivity contribution in [1.82, 2.24) is 19.9 Å². The second kappa shape index (κ2) is 9.21. The van der Waals surface area contributed by atoms with Gasteiger partial charge in [0, 0.05) is 24.9 Å². The number of hydrogen-bond acceptors (Lipinski definition) is 5. The second-order valence-electron chi connectivity index (χ2n) is 8.21. The predicted octanol–water partition coefficient (Wildman–Crippen LogP) is 3.82. The molecule has 168 valence electrons. The molecule has 0 fully saturated rings. The van der Waals surface area contributed by atoms with Crippen molar-refractivity contribution >= 4 is 33.7 Å². The molecule has 0 aliphatic carbocycles. The predicted molar refractivity (Wildman–Crippen MR) is 131 cm³/mol. The molecule has 0 bridgehead atoms. The van der Waals surface area contributed by atoms with Gasteiger partial charge in [-0.25, -0.2) is 9.97 Å². The number of aromatic nitrogens is 3. The second-order valence-corrected chi connectivity index (χ2v) is 8.21. The zero-order chi connectivity index (χ0) is 23.5. The summed E-state index contributed by atoms with van der Waals surface area (Å²) >= 11 is 0. The number of unbranched alkanes of at least 4 members (excludes halogenated alkanes) is 1. The van der Waals surface area contributed by atoms with Gasteiger partial charge < -0.3 is 20.7 Å². The molecule has 0 aliphatic heterocycles. The molecule has 0 radical (unpaired) electrons. The van der Waals surface area contributed by atoms with E-state index in [9.17, 15) is 9.90 Å². The molecule has 0 saturated heterocycles. The van der Waals surface area contributed by atoms with E-state index in [1.54, 1.807) is 6.07 Å². The first-order chi connectivity index (χ1) is 15.9. The maximum Gasteiger partial charge on any atom is 0.295 e. The van der Waals surface area contributed by atoms with E-state index in [1.807, 2.05) is 37.3 Å². The smallest absolute Gasteiger partial charge is 0.295 e. The number of benzene rings is 2. The van der Waals surface area contributed by atoms with Crippen LogP contribution < -0.4 is 11.1 Å². The van der Waals surface area contributed by atoms with Crippen LogP contribution >= 0.6 is 0 Å². The quantitative estimate of drug-likeness (QED) is 0.378. The van der Waals surface area contributed by atoms with E-state index in [0.29, 0.717) is 24.4 Å². The fourth-order valence-electron chi connectivity index (χ4n) is 4.04. The number of rotatable bonds is 7. The number of nitrogens with zero attached hydrogens (tertiary/aromatic N) is 3. The number of phenols is 1. The lowest BCUT2D eigenvalue weighted by atomic mass is 10.1. The monoisotopic (exact) mass is 441 g/mol. The van der Waals surface area contributed by atoms with Crippen LogP contribution in [0.2, 0.25) is 0 Å². The number of carbonyl (C=O) groups excluding carboxylic acids is 1. The summed E-state index contributed by atoms with van der Waals surface area (Å²) in [5.41, 5.74) is 11.5. The zero-order valence-corrected chi connectivity index (χ0v) is 18.9. The number of pyridine rings is 1. The minimum absolute atomic E-state index is 0.281. The molecule has 0 atom stereocenters. The van der Waals surface area contributed by atoms with E-state index in [2.05, 4.69) is 27.7 Å². The number of imidazole rings is 1. The number of nitrogens with one attached hydrogen (secondary N) is 1. The molecule has 33 heavy (non-hydrogen) atoms. The summed E-state index contributed by atoms with van der Waals surface area (Å²) in [5.74, 6) is 3.21. The molecule has 4 rings (SSSR count). The van der Waals surface area contributed by atoms with Crippen molar-refractivity contribution in [2.45, 2.75) is 46.2 Å². The van der Waals surface area contributed by atoms with Gasteiger partial charge in [0.1, 0.15) is 17.1 Å². The molecule has 2 aromatic heterocycles. The van der Waals surface area contributed by atoms with Crippen LogP contribution in [0.4, 0.5) is 5.82 Å². The highest BCUT2D eigenvalue weighted by atomic mass is 16.3. The molecule has 1 amide bonds. The number of amides is 1. The van der Waals surface area contributed by atoms with Crippen molar-refractivity contribution < 1.29 is 9.90 Å². The Morgan fingerprint density at radius 3 is 2.73 bits per heavy atom. The van der Waals surface area contributed by atoms with Crippen molar-refractivity contribution in [3.63, 3.8) is 0 Å². The van der Waals surface area contributed by atoms with E-state index in [-0.39, 0.29) is 5.75 Å². The van der Waals surface area contributed by atoms with E-state index in [0.717, 1.165) is 58.2 Å². The summed E-state index contributed by atoms with van der Waals surface area (Å²) in [5, 5.41) is 13.5. The Labute approximate surface area is 192 Å². The van der Waals surface area contributed by atoms with Crippen LogP contribution in [0.3, 0.4) is 0 Å². The Hall–Kier alpha value is -4.05. The topological polar surface area (TPSA) is 106 Å². The van der Waals surface area contributed by atoms with Gasteiger partial charge in [0.05, 0.1) is 11.0 Å². The summed E-state index contributed by atoms with van der Waals surface area (Å²) in [7, 11) is 0. The fraction of sp³-hybridized carbons (Fsp3) is 0.269. The standard InChI is InChI=1S/C26H27N5O2/c1-4-6-7-22-30-24-25(31(22)15-18-9-11-21(32)16(3)12-18)19-10-8-17(14-28-23(33)5-2)13-20(19)29-26(24)27/h2,8-13,32H,4,6-7,14-15H2,1,3H3,(H2,27,29)(H,28,33). The number of aryl methyl sites for hydroxylation is 2. The van der Waals surface area contributed by atoms with Gasteiger partial charge in [0.25, 0.3) is 5.91 Å². The Morgan fingerprint density at radius 2 is 2.00 bits per heavy atom. The summed E-state index contributed by atoms with van der Waals surface area (Å²) < 4.78 is 2.21. The van der Waals surface area contributed by atoms with Crippen LogP contribution in [0.15, 0.2) is 36.4 Å². The zero-order valence-electron chi connectivity index (χ0n) is 18.9. The van der Waals surface area contributed by atoms with Gasteiger partial charge >= 0.3 is 0 Å². The molecular weight excluding hydrogens is 414 g/mol. The molecule has 4 aromatic rings. The Bertz CT molecular complexity index is 1400. The van der Waals surface area contributed by atoms with Crippen molar-refractivity contribution in [2.75, 3.05) is 5.73 Å². The maximum atomic E-state index is 11.4. The maximum absolute atomic E-state index is 11.4. The summed E-state index contributed by atoms with van der Waals surface area (Å²) in [6.45, 7) is 4.96. The molecule has 7 heteroatoms. The third kappa shape index (κ3) is 4.46. The first-order valence-electron chi connectivity index (χ1n) is 11.0. The van der Waals surface area contributed by atoms with E-state index >= 15 is 0 Å². The van der Waals surface area contributed by atoms with Crippen LogP contribution in [0.25, 0.3) is 21.9 Å². The number of anilines is 1. The van der Waals surface area contributed by atoms with Crippen molar-refractivity contribution in [3.8, 4) is 18.1 Å². The minimum Gasteiger partial charge on any atom is -0.508 e. The van der Waals surface area contributed by atoms with Crippen molar-refractivity contribution in [3.05, 3.63) is 58.9 Å². The average molecular weight is 442 g/mol. The molecular formula is C26H27N5O2. The molecule has 0 saturated carbocycles. The van der Waals surface area contributed by atoms with Crippen LogP contribution in [0.5, 0.6) is 5.75 Å². The average Bonchev–Trinajstić information content (AvgIpc) is 3.17. The van der Waals surface area contributed by atoms with E-state index in [1.165, 1.54) is 0 Å². The molecule has 2 aromatic carbocycles. The Balaban J connectivity index is 1.86. The summed E-state index contributed by atoms with van der Waals surface area (Å²) in [6, 6.07) is 11.5. The van der Waals surface area contributed by atoms with E-state index in [4.69, 9.17) is 17.1 Å². The number of aromatic hydroxyl groups is 1. The Kier molecular flexibility index (Phi) is 6.18. The summed E-state index contributed by atoms with van der Waals surface area (Å²) in [6.07, 6.45) is 8.04. The molecule has 0 spiro atoms. The normalized spacial score (nSPS) is 11.1. The highest BCUT2D eigenvalue weighted by molar-refractivity contribution is 6.06. The van der Waals surface area contributed by atoms with Crippen molar-refractivity contribution in [2.24, 2.45) is 0 Å². The van der Waals surface area contributed by atoms with Crippen LogP contribution in [0.1, 0.15) is 42.3 Å². The van der Waals surface area contributed by atoms with Crippen LogP contribution in [0, 0.1) is 19.3 Å². The molecule has 7 nitrogen and oxygen atoms in total. The largest absolute Gasteiger partial charge is 0.508 e. The lowest BCUT2D eigenvalue weighted by Crippen LogP contribution is -2.20. The van der Waals surface area contributed by atoms with Gasteiger partial charge in [-0.1, -0.05) is 37.6 Å². The van der Waals surface area contributed by atoms with Gasteiger partial charge in [-0.05, 0) is 48.1 Å². The van der Waals surface area contributed by atoms with Gasteiger partial charge in [-0.2, -0.15) is 0 Å². The number of fused-ring (bicyclic) bond motifs is 3. The minimum atomic E-state index is -0.458.